The number of rotatable bonds is 5. The smallest absolute Gasteiger partial charge is 0.239 e. The minimum Gasteiger partial charge on any atom is -0.350 e. The van der Waals surface area contributed by atoms with Gasteiger partial charge >= 0.3 is 0 Å². The van der Waals surface area contributed by atoms with Crippen molar-refractivity contribution in [2.75, 3.05) is 39.4 Å². The zero-order chi connectivity index (χ0) is 23.4. The summed E-state index contributed by atoms with van der Waals surface area (Å²) in [6.07, 6.45) is 4.33. The number of aromatic nitrogens is 1. The molecule has 0 radical (unpaired) electrons. The molecule has 3 fully saturated rings. The molecule has 0 aromatic carbocycles. The first kappa shape index (κ1) is 23.1. The van der Waals surface area contributed by atoms with E-state index in [-0.39, 0.29) is 36.2 Å². The van der Waals surface area contributed by atoms with Gasteiger partial charge in [-0.25, -0.2) is 4.98 Å². The lowest BCUT2D eigenvalue weighted by Crippen LogP contribution is -2.62. The Labute approximate surface area is 193 Å². The fourth-order valence-corrected chi connectivity index (χ4v) is 5.10. The minimum atomic E-state index is -0.222. The molecule has 1 aromatic heterocycles. The van der Waals surface area contributed by atoms with Crippen molar-refractivity contribution in [3.63, 3.8) is 0 Å². The standard InChI is InChI=1S/C23H31N7O3/c1-16(31)28-6-8-29(9-7-28)19-4-5-21-20(10-19)23(33)30(15-27-21)14-22(32)26-13-17-2-3-18(11-24)25-12-17/h2-3,12,19-21,27H,4-10,13-15H2,1H3,(H,26,32). The van der Waals surface area contributed by atoms with Crippen molar-refractivity contribution < 1.29 is 14.4 Å². The van der Waals surface area contributed by atoms with Gasteiger partial charge in [-0.1, -0.05) is 6.07 Å². The number of hydrogen-bond donors (Lipinski definition) is 2. The molecular weight excluding hydrogens is 422 g/mol. The molecule has 4 rings (SSSR count). The number of amides is 3. The summed E-state index contributed by atoms with van der Waals surface area (Å²) >= 11 is 0. The van der Waals surface area contributed by atoms with Gasteiger partial charge in [0.1, 0.15) is 18.3 Å². The molecule has 2 N–H and O–H groups in total. The van der Waals surface area contributed by atoms with E-state index in [4.69, 9.17) is 5.26 Å². The summed E-state index contributed by atoms with van der Waals surface area (Å²) in [6.45, 7) is 5.49. The van der Waals surface area contributed by atoms with Gasteiger partial charge in [-0.15, -0.1) is 0 Å². The summed E-state index contributed by atoms with van der Waals surface area (Å²) in [5.41, 5.74) is 1.13. The zero-order valence-corrected chi connectivity index (χ0v) is 19.0. The van der Waals surface area contributed by atoms with Crippen LogP contribution in [-0.2, 0) is 20.9 Å². The van der Waals surface area contributed by atoms with E-state index in [1.807, 2.05) is 11.0 Å². The van der Waals surface area contributed by atoms with Crippen molar-refractivity contribution in [2.24, 2.45) is 5.92 Å². The zero-order valence-electron chi connectivity index (χ0n) is 19.0. The van der Waals surface area contributed by atoms with Crippen LogP contribution in [0.1, 0.15) is 37.4 Å². The van der Waals surface area contributed by atoms with E-state index in [9.17, 15) is 14.4 Å². The molecule has 1 saturated carbocycles. The van der Waals surface area contributed by atoms with Crippen molar-refractivity contribution in [2.45, 2.75) is 44.8 Å². The third kappa shape index (κ3) is 5.49. The monoisotopic (exact) mass is 453 g/mol. The van der Waals surface area contributed by atoms with E-state index < -0.39 is 0 Å². The quantitative estimate of drug-likeness (QED) is 0.626. The number of nitrogens with one attached hydrogen (secondary N) is 2. The van der Waals surface area contributed by atoms with Gasteiger partial charge in [0.25, 0.3) is 0 Å². The van der Waals surface area contributed by atoms with E-state index in [2.05, 4.69) is 20.5 Å². The lowest BCUT2D eigenvalue weighted by atomic mass is 9.79. The van der Waals surface area contributed by atoms with Crippen LogP contribution in [0.2, 0.25) is 0 Å². The van der Waals surface area contributed by atoms with Crippen LogP contribution in [0.4, 0.5) is 0 Å². The van der Waals surface area contributed by atoms with Gasteiger partial charge in [0, 0.05) is 57.9 Å². The van der Waals surface area contributed by atoms with Gasteiger partial charge < -0.3 is 15.1 Å². The predicted molar refractivity (Wildman–Crippen MR) is 119 cm³/mol. The lowest BCUT2D eigenvalue weighted by molar-refractivity contribution is -0.146. The first-order chi connectivity index (χ1) is 15.9. The Hall–Kier alpha value is -3.03. The maximum absolute atomic E-state index is 13.2. The molecule has 3 heterocycles. The van der Waals surface area contributed by atoms with Crippen LogP contribution in [0.25, 0.3) is 0 Å². The molecular formula is C23H31N7O3. The number of pyridine rings is 1. The summed E-state index contributed by atoms with van der Waals surface area (Å²) in [5.74, 6) is -0.185. The number of fused-ring (bicyclic) bond motifs is 1. The van der Waals surface area contributed by atoms with Crippen LogP contribution < -0.4 is 10.6 Å². The van der Waals surface area contributed by atoms with Crippen molar-refractivity contribution in [3.05, 3.63) is 29.6 Å². The molecule has 1 aromatic rings. The van der Waals surface area contributed by atoms with Gasteiger partial charge in [-0.3, -0.25) is 24.6 Å². The van der Waals surface area contributed by atoms with Gasteiger partial charge in [0.2, 0.25) is 17.7 Å². The van der Waals surface area contributed by atoms with E-state index in [0.717, 1.165) is 51.0 Å². The van der Waals surface area contributed by atoms with Crippen LogP contribution in [0.5, 0.6) is 0 Å². The maximum Gasteiger partial charge on any atom is 0.239 e. The maximum atomic E-state index is 13.2. The highest BCUT2D eigenvalue weighted by atomic mass is 16.2. The van der Waals surface area contributed by atoms with E-state index in [0.29, 0.717) is 24.9 Å². The number of nitriles is 1. The molecule has 1 aliphatic carbocycles. The van der Waals surface area contributed by atoms with Crippen LogP contribution >= 0.6 is 0 Å². The predicted octanol–water partition coefficient (Wildman–Crippen LogP) is -0.340. The number of nitrogens with zero attached hydrogens (tertiary/aromatic N) is 5. The summed E-state index contributed by atoms with van der Waals surface area (Å²) in [4.78, 5) is 47.2. The van der Waals surface area contributed by atoms with E-state index >= 15 is 0 Å². The summed E-state index contributed by atoms with van der Waals surface area (Å²) in [6, 6.07) is 5.83. The topological polar surface area (TPSA) is 122 Å². The normalized spacial score (nSPS) is 25.8. The Morgan fingerprint density at radius 2 is 2.03 bits per heavy atom. The Morgan fingerprint density at radius 1 is 1.24 bits per heavy atom. The second kappa shape index (κ2) is 10.3. The molecule has 10 heteroatoms. The van der Waals surface area contributed by atoms with Gasteiger partial charge in [-0.2, -0.15) is 5.26 Å². The fourth-order valence-electron chi connectivity index (χ4n) is 5.10. The third-order valence-electron chi connectivity index (χ3n) is 7.04. The summed E-state index contributed by atoms with van der Waals surface area (Å²) in [5, 5.41) is 15.1. The molecule has 3 atom stereocenters. The van der Waals surface area contributed by atoms with Gasteiger partial charge in [0.05, 0.1) is 12.6 Å². The highest BCUT2D eigenvalue weighted by molar-refractivity contribution is 5.86. The van der Waals surface area contributed by atoms with Crippen molar-refractivity contribution in [1.29, 1.82) is 5.26 Å². The average molecular weight is 454 g/mol. The molecule has 2 saturated heterocycles. The summed E-state index contributed by atoms with van der Waals surface area (Å²) in [7, 11) is 0. The number of carbonyl (C=O) groups is 3. The Morgan fingerprint density at radius 3 is 2.70 bits per heavy atom. The Balaban J connectivity index is 1.27. The first-order valence-corrected chi connectivity index (χ1v) is 11.6. The fraction of sp³-hybridized carbons (Fsp3) is 0.609. The number of carbonyl (C=O) groups excluding carboxylic acids is 3. The molecule has 2 aliphatic heterocycles. The molecule has 33 heavy (non-hydrogen) atoms. The molecule has 10 nitrogen and oxygen atoms in total. The molecule has 3 unspecified atom stereocenters. The second-order valence-electron chi connectivity index (χ2n) is 9.06. The highest BCUT2D eigenvalue weighted by Crippen LogP contribution is 2.32. The first-order valence-electron chi connectivity index (χ1n) is 11.6. The Bertz CT molecular complexity index is 921. The molecule has 3 amide bonds. The van der Waals surface area contributed by atoms with Crippen molar-refractivity contribution in [3.8, 4) is 6.07 Å². The van der Waals surface area contributed by atoms with Gasteiger partial charge in [0.15, 0.2) is 0 Å². The highest BCUT2D eigenvalue weighted by Gasteiger charge is 2.42. The number of hydrogen-bond acceptors (Lipinski definition) is 7. The molecule has 3 aliphatic rings. The number of piperazine rings is 1. The van der Waals surface area contributed by atoms with E-state index in [1.165, 1.54) is 0 Å². The van der Waals surface area contributed by atoms with Crippen LogP contribution in [0.15, 0.2) is 18.3 Å². The minimum absolute atomic E-state index is 0.0146. The average Bonchev–Trinajstić information content (AvgIpc) is 2.84. The van der Waals surface area contributed by atoms with Crippen LogP contribution in [0, 0.1) is 17.2 Å². The van der Waals surface area contributed by atoms with Crippen molar-refractivity contribution >= 4 is 17.7 Å². The van der Waals surface area contributed by atoms with Crippen LogP contribution in [-0.4, -0.2) is 88.9 Å². The van der Waals surface area contributed by atoms with E-state index in [1.54, 1.807) is 30.2 Å². The SMILES string of the molecule is CC(=O)N1CCN(C2CCC3NCN(CC(=O)NCc4ccc(C#N)nc4)C(=O)C3C2)CC1. The third-order valence-corrected chi connectivity index (χ3v) is 7.04. The van der Waals surface area contributed by atoms with Gasteiger partial charge in [-0.05, 0) is 30.9 Å². The lowest BCUT2D eigenvalue weighted by Gasteiger charge is -2.47. The molecule has 0 bridgehead atoms. The molecule has 176 valence electrons. The van der Waals surface area contributed by atoms with Crippen LogP contribution in [0.3, 0.4) is 0 Å². The largest absolute Gasteiger partial charge is 0.350 e. The molecule has 0 spiro atoms. The second-order valence-corrected chi connectivity index (χ2v) is 9.06. The Kier molecular flexibility index (Phi) is 7.20. The van der Waals surface area contributed by atoms with Crippen molar-refractivity contribution in [1.82, 2.24) is 30.3 Å². The summed E-state index contributed by atoms with van der Waals surface area (Å²) < 4.78 is 0.